The molecule has 1 saturated heterocycles. The number of urea groups is 1. The van der Waals surface area contributed by atoms with Gasteiger partial charge < -0.3 is 14.6 Å². The van der Waals surface area contributed by atoms with E-state index in [1.807, 2.05) is 6.92 Å². The van der Waals surface area contributed by atoms with Crippen molar-refractivity contribution in [2.24, 2.45) is 0 Å². The van der Waals surface area contributed by atoms with Crippen LogP contribution in [0.15, 0.2) is 54.6 Å². The van der Waals surface area contributed by atoms with E-state index in [0.717, 1.165) is 10.6 Å². The van der Waals surface area contributed by atoms with E-state index in [1.54, 1.807) is 54.0 Å². The Morgan fingerprint density at radius 1 is 1.12 bits per heavy atom. The van der Waals surface area contributed by atoms with Crippen LogP contribution in [0.5, 0.6) is 5.75 Å². The van der Waals surface area contributed by atoms with Crippen LogP contribution in [0.1, 0.15) is 33.7 Å². The van der Waals surface area contributed by atoms with Crippen molar-refractivity contribution in [3.8, 4) is 11.4 Å². The van der Waals surface area contributed by atoms with Gasteiger partial charge in [-0.2, -0.15) is 0 Å². The maximum Gasteiger partial charge on any atom is 0.325 e. The van der Waals surface area contributed by atoms with Gasteiger partial charge in [0.25, 0.3) is 5.91 Å². The summed E-state index contributed by atoms with van der Waals surface area (Å²) >= 11 is 0. The first-order valence-corrected chi connectivity index (χ1v) is 10.7. The van der Waals surface area contributed by atoms with Crippen molar-refractivity contribution in [2.75, 3.05) is 13.2 Å². The highest BCUT2D eigenvalue weighted by Gasteiger charge is 2.55. The number of amides is 3. The minimum Gasteiger partial charge on any atom is -0.493 e. The first-order chi connectivity index (χ1) is 15.8. The van der Waals surface area contributed by atoms with Gasteiger partial charge in [0.2, 0.25) is 0 Å². The lowest BCUT2D eigenvalue weighted by atomic mass is 9.84. The van der Waals surface area contributed by atoms with Crippen LogP contribution in [0.2, 0.25) is 0 Å². The molecular formula is C25H22FN3O4. The van der Waals surface area contributed by atoms with E-state index in [4.69, 9.17) is 4.74 Å². The molecule has 8 heteroatoms. The molecule has 7 nitrogen and oxygen atoms in total. The molecule has 1 atom stereocenters. The lowest BCUT2D eigenvalue weighted by molar-refractivity contribution is -0.132. The van der Waals surface area contributed by atoms with Crippen LogP contribution in [0.3, 0.4) is 0 Å². The quantitative estimate of drug-likeness (QED) is 0.489. The average Bonchev–Trinajstić information content (AvgIpc) is 3.22. The number of fused-ring (bicyclic) bond motifs is 2. The molecule has 2 aliphatic rings. The van der Waals surface area contributed by atoms with Crippen LogP contribution in [0, 0.1) is 19.7 Å². The predicted molar refractivity (Wildman–Crippen MR) is 118 cm³/mol. The van der Waals surface area contributed by atoms with Crippen LogP contribution in [-0.2, 0) is 10.3 Å². The number of hydrogen-bond acceptors (Lipinski definition) is 4. The zero-order chi connectivity index (χ0) is 23.3. The number of halogens is 1. The van der Waals surface area contributed by atoms with E-state index in [2.05, 4.69) is 5.32 Å². The minimum absolute atomic E-state index is 0.277. The zero-order valence-electron chi connectivity index (χ0n) is 18.2. The molecule has 2 aliphatic heterocycles. The van der Waals surface area contributed by atoms with E-state index >= 15 is 0 Å². The number of aromatic nitrogens is 1. The molecule has 3 aromatic rings. The normalized spacial score (nSPS) is 19.4. The SMILES string of the molecule is Cc1cc(C(=O)CN2C(=O)NC3(CCOc4ccccc43)C2=O)c(C)n1-c1cccc(F)c1. The van der Waals surface area contributed by atoms with Gasteiger partial charge in [0, 0.05) is 34.6 Å². The standard InChI is InChI=1S/C25H22FN3O4/c1-15-12-19(16(2)29(15)18-7-5-6-17(26)13-18)21(30)14-28-23(31)25(27-24(28)32)10-11-33-22-9-4-3-8-20(22)25/h3-9,12-13H,10-11,14H2,1-2H3,(H,27,32). The fourth-order valence-corrected chi connectivity index (χ4v) is 4.80. The van der Waals surface area contributed by atoms with Gasteiger partial charge in [0.1, 0.15) is 11.6 Å². The molecule has 0 bridgehead atoms. The number of ketones is 1. The fraction of sp³-hybridized carbons (Fsp3) is 0.240. The average molecular weight is 447 g/mol. The maximum atomic E-state index is 13.7. The molecule has 5 rings (SSSR count). The van der Waals surface area contributed by atoms with Gasteiger partial charge in [-0.3, -0.25) is 14.5 Å². The summed E-state index contributed by atoms with van der Waals surface area (Å²) in [6, 6.07) is 14.3. The van der Waals surface area contributed by atoms with E-state index in [0.29, 0.717) is 28.3 Å². The number of nitrogens with zero attached hydrogens (tertiary/aromatic N) is 2. The highest BCUT2D eigenvalue weighted by molar-refractivity contribution is 6.12. The van der Waals surface area contributed by atoms with Crippen molar-refractivity contribution in [1.82, 2.24) is 14.8 Å². The highest BCUT2D eigenvalue weighted by atomic mass is 19.1. The molecule has 3 amide bonds. The fourth-order valence-electron chi connectivity index (χ4n) is 4.80. The number of Topliss-reactive ketones (excluding diaryl/α,β-unsaturated/α-hetero) is 1. The number of ether oxygens (including phenoxy) is 1. The van der Waals surface area contributed by atoms with Crippen molar-refractivity contribution in [2.45, 2.75) is 25.8 Å². The Hall–Kier alpha value is -3.94. The summed E-state index contributed by atoms with van der Waals surface area (Å²) in [5.41, 5.74) is 1.69. The summed E-state index contributed by atoms with van der Waals surface area (Å²) < 4.78 is 21.2. The van der Waals surface area contributed by atoms with E-state index in [-0.39, 0.29) is 31.2 Å². The number of carbonyl (C=O) groups excluding carboxylic acids is 3. The molecule has 168 valence electrons. The lowest BCUT2D eigenvalue weighted by Gasteiger charge is -2.33. The molecule has 1 fully saturated rings. The summed E-state index contributed by atoms with van der Waals surface area (Å²) in [5.74, 6) is -0.666. The van der Waals surface area contributed by atoms with Gasteiger partial charge in [-0.1, -0.05) is 24.3 Å². The number of benzene rings is 2. The molecule has 0 radical (unpaired) electrons. The Balaban J connectivity index is 1.44. The number of imide groups is 1. The number of aryl methyl sites for hydroxylation is 1. The molecular weight excluding hydrogens is 425 g/mol. The summed E-state index contributed by atoms with van der Waals surface area (Å²) in [4.78, 5) is 40.4. The molecule has 0 aliphatic carbocycles. The van der Waals surface area contributed by atoms with Gasteiger partial charge in [-0.25, -0.2) is 9.18 Å². The van der Waals surface area contributed by atoms with E-state index in [1.165, 1.54) is 12.1 Å². The third-order valence-electron chi connectivity index (χ3n) is 6.36. The summed E-state index contributed by atoms with van der Waals surface area (Å²) in [6.45, 7) is 3.46. The Morgan fingerprint density at radius 2 is 1.91 bits per heavy atom. The van der Waals surface area contributed by atoms with Crippen molar-refractivity contribution >= 4 is 17.7 Å². The largest absolute Gasteiger partial charge is 0.493 e. The Labute approximate surface area is 189 Å². The van der Waals surface area contributed by atoms with Gasteiger partial charge in [0.15, 0.2) is 11.3 Å². The van der Waals surface area contributed by atoms with Crippen LogP contribution < -0.4 is 10.1 Å². The van der Waals surface area contributed by atoms with Crippen LogP contribution in [0.4, 0.5) is 9.18 Å². The number of hydrogen-bond donors (Lipinski definition) is 1. The van der Waals surface area contributed by atoms with Crippen molar-refractivity contribution in [1.29, 1.82) is 0 Å². The van der Waals surface area contributed by atoms with Gasteiger partial charge in [0.05, 0.1) is 13.2 Å². The van der Waals surface area contributed by atoms with E-state index in [9.17, 15) is 18.8 Å². The zero-order valence-corrected chi connectivity index (χ0v) is 18.2. The number of carbonyl (C=O) groups is 3. The molecule has 33 heavy (non-hydrogen) atoms. The summed E-state index contributed by atoms with van der Waals surface area (Å²) in [6.07, 6.45) is 0.285. The second kappa shape index (κ2) is 7.58. The second-order valence-electron chi connectivity index (χ2n) is 8.34. The summed E-state index contributed by atoms with van der Waals surface area (Å²) in [7, 11) is 0. The predicted octanol–water partition coefficient (Wildman–Crippen LogP) is 3.65. The molecule has 3 heterocycles. The van der Waals surface area contributed by atoms with Gasteiger partial charge in [-0.05, 0) is 44.2 Å². The smallest absolute Gasteiger partial charge is 0.325 e. The van der Waals surface area contributed by atoms with Crippen LogP contribution >= 0.6 is 0 Å². The van der Waals surface area contributed by atoms with E-state index < -0.39 is 17.5 Å². The van der Waals surface area contributed by atoms with Crippen molar-refractivity contribution in [3.05, 3.63) is 82.9 Å². The van der Waals surface area contributed by atoms with Crippen molar-refractivity contribution < 1.29 is 23.5 Å². The molecule has 1 spiro atoms. The molecule has 1 N–H and O–H groups in total. The molecule has 1 aromatic heterocycles. The Kier molecular flexibility index (Phi) is 4.81. The third-order valence-corrected chi connectivity index (χ3v) is 6.36. The summed E-state index contributed by atoms with van der Waals surface area (Å²) in [5, 5.41) is 2.80. The molecule has 1 unspecified atom stereocenters. The Morgan fingerprint density at radius 3 is 2.70 bits per heavy atom. The monoisotopic (exact) mass is 447 g/mol. The lowest BCUT2D eigenvalue weighted by Crippen LogP contribution is -2.47. The van der Waals surface area contributed by atoms with Crippen molar-refractivity contribution in [3.63, 3.8) is 0 Å². The second-order valence-corrected chi connectivity index (χ2v) is 8.34. The number of rotatable bonds is 4. The molecule has 2 aromatic carbocycles. The van der Waals surface area contributed by atoms with Crippen LogP contribution in [-0.4, -0.2) is 40.3 Å². The Bertz CT molecular complexity index is 1310. The van der Waals surface area contributed by atoms with Gasteiger partial charge >= 0.3 is 6.03 Å². The third kappa shape index (κ3) is 3.21. The van der Waals surface area contributed by atoms with Crippen LogP contribution in [0.25, 0.3) is 5.69 Å². The number of para-hydroxylation sites is 1. The van der Waals surface area contributed by atoms with Gasteiger partial charge in [-0.15, -0.1) is 0 Å². The minimum atomic E-state index is -1.23. The first kappa shape index (κ1) is 20.9. The number of nitrogens with one attached hydrogen (secondary N) is 1. The topological polar surface area (TPSA) is 80.6 Å². The first-order valence-electron chi connectivity index (χ1n) is 10.7. The maximum absolute atomic E-state index is 13.7. The highest BCUT2D eigenvalue weighted by Crippen LogP contribution is 2.41. The molecule has 0 saturated carbocycles.